The summed E-state index contributed by atoms with van der Waals surface area (Å²) in [7, 11) is -6.93. The Hall–Kier alpha value is -1.70. The van der Waals surface area contributed by atoms with Gasteiger partial charge in [0, 0.05) is 13.1 Å². The average molecular weight is 380 g/mol. The molecule has 0 aliphatic carbocycles. The van der Waals surface area contributed by atoms with Crippen molar-refractivity contribution in [2.75, 3.05) is 18.8 Å². The molecule has 2 aromatic rings. The number of hydrogen-bond donors (Lipinski definition) is 0. The van der Waals surface area contributed by atoms with Crippen LogP contribution in [0.2, 0.25) is 0 Å². The second-order valence-corrected chi connectivity index (χ2v) is 10.5. The molecule has 3 rings (SSSR count). The standard InChI is InChI=1S/C18H21NO4S2/c20-24(21)14-13-19(12-11-18(24)17-9-5-2-6-10-17)25(22,23)15-16-7-3-1-4-8-16/h1-10,18H,11-15H2. The van der Waals surface area contributed by atoms with Gasteiger partial charge >= 0.3 is 0 Å². The topological polar surface area (TPSA) is 71.5 Å². The van der Waals surface area contributed by atoms with Crippen molar-refractivity contribution in [2.24, 2.45) is 0 Å². The second kappa shape index (κ2) is 7.27. The van der Waals surface area contributed by atoms with Gasteiger partial charge in [0.05, 0.1) is 16.8 Å². The zero-order chi connectivity index (χ0) is 17.9. The summed E-state index contributed by atoms with van der Waals surface area (Å²) >= 11 is 0. The summed E-state index contributed by atoms with van der Waals surface area (Å²) in [5.74, 6) is -0.259. The Labute approximate surface area is 149 Å². The van der Waals surface area contributed by atoms with Gasteiger partial charge in [-0.05, 0) is 17.5 Å². The van der Waals surface area contributed by atoms with E-state index in [0.29, 0.717) is 5.56 Å². The molecular weight excluding hydrogens is 358 g/mol. The van der Waals surface area contributed by atoms with Gasteiger partial charge in [0.15, 0.2) is 9.84 Å². The molecule has 1 fully saturated rings. The van der Waals surface area contributed by atoms with Crippen molar-refractivity contribution in [1.82, 2.24) is 4.31 Å². The predicted octanol–water partition coefficient (Wildman–Crippen LogP) is 2.38. The Balaban J connectivity index is 1.80. The van der Waals surface area contributed by atoms with Crippen molar-refractivity contribution >= 4 is 19.9 Å². The van der Waals surface area contributed by atoms with E-state index in [-0.39, 0.29) is 31.0 Å². The zero-order valence-corrected chi connectivity index (χ0v) is 15.4. The van der Waals surface area contributed by atoms with Gasteiger partial charge < -0.3 is 0 Å². The lowest BCUT2D eigenvalue weighted by molar-refractivity contribution is 0.427. The van der Waals surface area contributed by atoms with Crippen LogP contribution in [0, 0.1) is 0 Å². The highest BCUT2D eigenvalue weighted by atomic mass is 32.2. The number of hydrogen-bond acceptors (Lipinski definition) is 4. The summed E-state index contributed by atoms with van der Waals surface area (Å²) in [6.07, 6.45) is 0.278. The van der Waals surface area contributed by atoms with Crippen LogP contribution in [0.1, 0.15) is 22.8 Å². The smallest absolute Gasteiger partial charge is 0.218 e. The molecule has 0 amide bonds. The molecule has 134 valence electrons. The summed E-state index contributed by atoms with van der Waals surface area (Å²) in [5, 5.41) is -0.648. The van der Waals surface area contributed by atoms with Gasteiger partial charge in [-0.25, -0.2) is 21.1 Å². The number of rotatable bonds is 4. The van der Waals surface area contributed by atoms with Crippen LogP contribution < -0.4 is 0 Å². The van der Waals surface area contributed by atoms with Crippen LogP contribution >= 0.6 is 0 Å². The Morgan fingerprint density at radius 3 is 2.16 bits per heavy atom. The maximum absolute atomic E-state index is 12.7. The van der Waals surface area contributed by atoms with E-state index < -0.39 is 25.1 Å². The van der Waals surface area contributed by atoms with Crippen molar-refractivity contribution < 1.29 is 16.8 Å². The van der Waals surface area contributed by atoms with E-state index >= 15 is 0 Å². The Kier molecular flexibility index (Phi) is 5.27. The fraction of sp³-hybridized carbons (Fsp3) is 0.333. The van der Waals surface area contributed by atoms with Gasteiger partial charge in [-0.2, -0.15) is 0 Å². The molecule has 1 atom stereocenters. The average Bonchev–Trinajstić information content (AvgIpc) is 2.74. The normalized spacial score (nSPS) is 21.5. The largest absolute Gasteiger partial charge is 0.228 e. The van der Waals surface area contributed by atoms with E-state index in [4.69, 9.17) is 0 Å². The molecule has 25 heavy (non-hydrogen) atoms. The third-order valence-electron chi connectivity index (χ3n) is 4.46. The van der Waals surface area contributed by atoms with Crippen molar-refractivity contribution in [3.63, 3.8) is 0 Å². The summed E-state index contributed by atoms with van der Waals surface area (Å²) in [4.78, 5) is 0. The molecule has 7 heteroatoms. The molecule has 1 unspecified atom stereocenters. The van der Waals surface area contributed by atoms with Gasteiger partial charge in [0.25, 0.3) is 0 Å². The maximum Gasteiger partial charge on any atom is 0.218 e. The van der Waals surface area contributed by atoms with Gasteiger partial charge in [0.2, 0.25) is 10.0 Å². The highest BCUT2D eigenvalue weighted by molar-refractivity contribution is 7.91. The van der Waals surface area contributed by atoms with Crippen LogP contribution in [0.5, 0.6) is 0 Å². The highest BCUT2D eigenvalue weighted by Gasteiger charge is 2.34. The van der Waals surface area contributed by atoms with Crippen LogP contribution in [0.3, 0.4) is 0 Å². The zero-order valence-electron chi connectivity index (χ0n) is 13.8. The van der Waals surface area contributed by atoms with Gasteiger partial charge in [0.1, 0.15) is 0 Å². The predicted molar refractivity (Wildman–Crippen MR) is 98.2 cm³/mol. The van der Waals surface area contributed by atoms with Crippen LogP contribution in [0.15, 0.2) is 60.7 Å². The van der Waals surface area contributed by atoms with Gasteiger partial charge in [-0.3, -0.25) is 0 Å². The Morgan fingerprint density at radius 2 is 1.52 bits per heavy atom. The minimum Gasteiger partial charge on any atom is -0.228 e. The third kappa shape index (κ3) is 4.29. The fourth-order valence-electron chi connectivity index (χ4n) is 3.12. The molecule has 1 aliphatic rings. The fourth-order valence-corrected chi connectivity index (χ4v) is 6.58. The van der Waals surface area contributed by atoms with E-state index in [1.165, 1.54) is 4.31 Å². The van der Waals surface area contributed by atoms with Crippen LogP contribution in [0.4, 0.5) is 0 Å². The number of nitrogens with zero attached hydrogens (tertiary/aromatic N) is 1. The van der Waals surface area contributed by atoms with Crippen molar-refractivity contribution in [1.29, 1.82) is 0 Å². The van der Waals surface area contributed by atoms with Gasteiger partial charge in [-0.15, -0.1) is 0 Å². The molecular formula is C18H21NO4S2. The molecule has 1 aliphatic heterocycles. The first-order chi connectivity index (χ1) is 11.9. The lowest BCUT2D eigenvalue weighted by atomic mass is 10.1. The Bertz CT molecular complexity index is 910. The van der Waals surface area contributed by atoms with Crippen LogP contribution in [-0.2, 0) is 25.6 Å². The summed E-state index contributed by atoms with van der Waals surface area (Å²) in [6, 6.07) is 18.0. The molecule has 0 spiro atoms. The molecule has 0 radical (unpaired) electrons. The maximum atomic E-state index is 12.7. The molecule has 1 heterocycles. The van der Waals surface area contributed by atoms with E-state index in [9.17, 15) is 16.8 Å². The molecule has 5 nitrogen and oxygen atoms in total. The van der Waals surface area contributed by atoms with Crippen molar-refractivity contribution in [3.8, 4) is 0 Å². The molecule has 0 bridgehead atoms. The van der Waals surface area contributed by atoms with Crippen molar-refractivity contribution in [2.45, 2.75) is 17.4 Å². The summed E-state index contributed by atoms with van der Waals surface area (Å²) in [6.45, 7) is 0.231. The van der Waals surface area contributed by atoms with Crippen LogP contribution in [0.25, 0.3) is 0 Å². The lowest BCUT2D eigenvalue weighted by Gasteiger charge is -2.19. The highest BCUT2D eigenvalue weighted by Crippen LogP contribution is 2.30. The van der Waals surface area contributed by atoms with E-state index in [2.05, 4.69) is 0 Å². The number of sulfone groups is 1. The van der Waals surface area contributed by atoms with E-state index in [0.717, 1.165) is 5.56 Å². The quantitative estimate of drug-likeness (QED) is 0.818. The first-order valence-corrected chi connectivity index (χ1v) is 11.5. The molecule has 1 saturated heterocycles. The third-order valence-corrected chi connectivity index (χ3v) is 8.43. The SMILES string of the molecule is O=S1(=O)CCN(S(=O)(=O)Cc2ccccc2)CCC1c1ccccc1. The number of sulfonamides is 1. The second-order valence-electron chi connectivity index (χ2n) is 6.20. The number of benzene rings is 2. The van der Waals surface area contributed by atoms with E-state index in [1.54, 1.807) is 48.5 Å². The van der Waals surface area contributed by atoms with Crippen LogP contribution in [-0.4, -0.2) is 40.0 Å². The first-order valence-electron chi connectivity index (χ1n) is 8.17. The van der Waals surface area contributed by atoms with Gasteiger partial charge in [-0.1, -0.05) is 60.7 Å². The van der Waals surface area contributed by atoms with Crippen molar-refractivity contribution in [3.05, 3.63) is 71.8 Å². The molecule has 0 aromatic heterocycles. The first kappa shape index (κ1) is 18.1. The summed E-state index contributed by atoms with van der Waals surface area (Å²) in [5.41, 5.74) is 1.43. The summed E-state index contributed by atoms with van der Waals surface area (Å²) < 4.78 is 51.9. The minimum absolute atomic E-state index is 0.0147. The van der Waals surface area contributed by atoms with E-state index in [1.807, 2.05) is 12.1 Å². The Morgan fingerprint density at radius 1 is 0.920 bits per heavy atom. The molecule has 2 aromatic carbocycles. The molecule has 0 saturated carbocycles. The monoisotopic (exact) mass is 379 g/mol. The molecule has 0 N–H and O–H groups in total. The minimum atomic E-state index is -3.55. The lowest BCUT2D eigenvalue weighted by Crippen LogP contribution is -2.34.